The lowest BCUT2D eigenvalue weighted by Gasteiger charge is -2.38. The van der Waals surface area contributed by atoms with Gasteiger partial charge in [0.15, 0.2) is 0 Å². The van der Waals surface area contributed by atoms with Crippen LogP contribution in [0.5, 0.6) is 0 Å². The molecule has 2 aliphatic carbocycles. The largest absolute Gasteiger partial charge is 0.216 e. The molecule has 1 aromatic rings. The van der Waals surface area contributed by atoms with Crippen molar-refractivity contribution >= 4 is 0 Å². The van der Waals surface area contributed by atoms with E-state index in [1.807, 2.05) is 12.1 Å². The van der Waals surface area contributed by atoms with Crippen molar-refractivity contribution in [3.05, 3.63) is 47.5 Å². The number of allylic oxidation sites excluding steroid dienone is 1. The van der Waals surface area contributed by atoms with Crippen molar-refractivity contribution in [2.75, 3.05) is 0 Å². The van der Waals surface area contributed by atoms with Gasteiger partial charge >= 0.3 is 0 Å². The molecule has 146 valence electrons. The minimum absolute atomic E-state index is 0.143. The summed E-state index contributed by atoms with van der Waals surface area (Å²) in [6, 6.07) is 7.05. The molecule has 0 radical (unpaired) electrons. The first-order valence-electron chi connectivity index (χ1n) is 10.7. The molecule has 3 rings (SSSR count). The van der Waals surface area contributed by atoms with Crippen molar-refractivity contribution in [2.45, 2.75) is 76.5 Å². The molecule has 0 aromatic heterocycles. The zero-order valence-electron chi connectivity index (χ0n) is 16.2. The first kappa shape index (κ1) is 20.1. The Labute approximate surface area is 162 Å². The maximum Gasteiger partial charge on any atom is 0.141 e. The first-order chi connectivity index (χ1) is 13.2. The molecule has 0 heterocycles. The van der Waals surface area contributed by atoms with Gasteiger partial charge < -0.3 is 0 Å². The van der Waals surface area contributed by atoms with E-state index in [0.29, 0.717) is 12.2 Å². The third-order valence-corrected chi connectivity index (χ3v) is 6.99. The van der Waals surface area contributed by atoms with Crippen LogP contribution >= 0.6 is 0 Å². The third-order valence-electron chi connectivity index (χ3n) is 6.99. The fourth-order valence-corrected chi connectivity index (χ4v) is 5.34. The van der Waals surface area contributed by atoms with Crippen LogP contribution in [0.3, 0.4) is 0 Å². The highest BCUT2D eigenvalue weighted by molar-refractivity contribution is 5.34. The summed E-state index contributed by atoms with van der Waals surface area (Å²) in [5.74, 6) is 2.61. The molecule has 3 heteroatoms. The lowest BCUT2D eigenvalue weighted by molar-refractivity contribution is 0.156. The van der Waals surface area contributed by atoms with Crippen LogP contribution in [0, 0.1) is 34.9 Å². The van der Waals surface area contributed by atoms with E-state index in [9.17, 15) is 8.78 Å². The topological polar surface area (TPSA) is 23.8 Å². The van der Waals surface area contributed by atoms with E-state index in [1.54, 1.807) is 18.2 Å². The number of unbranched alkanes of at least 4 members (excludes halogenated alkanes) is 1. The molecular weight excluding hydrogens is 340 g/mol. The minimum atomic E-state index is -0.377. The molecular formula is C24H31F2N. The standard InChI is InChI=1S/C24H31F2N/c25-15-3-1-2-4-18-5-7-19(8-6-18)20-9-11-21(12-10-20)22-13-14-23(17-27)24(26)16-22/h3,13-16,18-21H,1-2,4-12H2. The van der Waals surface area contributed by atoms with Gasteiger partial charge in [0.1, 0.15) is 11.9 Å². The van der Waals surface area contributed by atoms with Crippen LogP contribution in [0.2, 0.25) is 0 Å². The average molecular weight is 372 g/mol. The van der Waals surface area contributed by atoms with Gasteiger partial charge in [-0.2, -0.15) is 5.26 Å². The van der Waals surface area contributed by atoms with Crippen molar-refractivity contribution in [3.8, 4) is 6.07 Å². The fourth-order valence-electron chi connectivity index (χ4n) is 5.34. The quantitative estimate of drug-likeness (QED) is 0.477. The van der Waals surface area contributed by atoms with Crippen molar-refractivity contribution in [3.63, 3.8) is 0 Å². The Morgan fingerprint density at radius 3 is 2.26 bits per heavy atom. The number of nitrogens with zero attached hydrogens (tertiary/aromatic N) is 1. The lowest BCUT2D eigenvalue weighted by Crippen LogP contribution is -2.25. The van der Waals surface area contributed by atoms with Gasteiger partial charge in [0.05, 0.1) is 11.9 Å². The van der Waals surface area contributed by atoms with Gasteiger partial charge in [0.25, 0.3) is 0 Å². The van der Waals surface area contributed by atoms with Crippen LogP contribution in [-0.4, -0.2) is 0 Å². The van der Waals surface area contributed by atoms with Crippen LogP contribution in [-0.2, 0) is 0 Å². The molecule has 0 unspecified atom stereocenters. The minimum Gasteiger partial charge on any atom is -0.216 e. The van der Waals surface area contributed by atoms with Crippen LogP contribution in [0.25, 0.3) is 0 Å². The smallest absolute Gasteiger partial charge is 0.141 e. The second-order valence-corrected chi connectivity index (χ2v) is 8.54. The molecule has 0 amide bonds. The Morgan fingerprint density at radius 1 is 1.00 bits per heavy atom. The predicted molar refractivity (Wildman–Crippen MR) is 105 cm³/mol. The maximum absolute atomic E-state index is 13.9. The van der Waals surface area contributed by atoms with Crippen molar-refractivity contribution < 1.29 is 8.78 Å². The van der Waals surface area contributed by atoms with Crippen LogP contribution in [0.1, 0.15) is 87.7 Å². The second-order valence-electron chi connectivity index (χ2n) is 8.54. The highest BCUT2D eigenvalue weighted by Crippen LogP contribution is 2.44. The van der Waals surface area contributed by atoms with E-state index in [2.05, 4.69) is 0 Å². The summed E-state index contributed by atoms with van der Waals surface area (Å²) in [7, 11) is 0. The number of benzene rings is 1. The molecule has 0 bridgehead atoms. The summed E-state index contributed by atoms with van der Waals surface area (Å²) in [4.78, 5) is 0. The summed E-state index contributed by atoms with van der Waals surface area (Å²) in [5, 5.41) is 8.88. The molecule has 0 saturated heterocycles. The Hall–Kier alpha value is -1.69. The fraction of sp³-hybridized carbons (Fsp3) is 0.625. The highest BCUT2D eigenvalue weighted by Gasteiger charge is 2.31. The molecule has 1 aromatic carbocycles. The van der Waals surface area contributed by atoms with Crippen molar-refractivity contribution in [2.24, 2.45) is 17.8 Å². The Balaban J connectivity index is 1.42. The lowest BCUT2D eigenvalue weighted by atomic mass is 9.68. The normalized spacial score (nSPS) is 28.9. The summed E-state index contributed by atoms with van der Waals surface area (Å²) in [6.07, 6.45) is 15.7. The number of halogens is 2. The molecule has 2 fully saturated rings. The number of hydrogen-bond acceptors (Lipinski definition) is 1. The van der Waals surface area contributed by atoms with E-state index in [0.717, 1.165) is 49.0 Å². The first-order valence-corrected chi connectivity index (χ1v) is 10.7. The molecule has 1 nitrogen and oxygen atoms in total. The molecule has 0 aliphatic heterocycles. The Morgan fingerprint density at radius 2 is 1.67 bits per heavy atom. The number of hydrogen-bond donors (Lipinski definition) is 0. The van der Waals surface area contributed by atoms with E-state index >= 15 is 0 Å². The summed E-state index contributed by atoms with van der Waals surface area (Å²) in [6.45, 7) is 0. The van der Waals surface area contributed by atoms with Gasteiger partial charge in [-0.25, -0.2) is 8.78 Å². The average Bonchev–Trinajstić information content (AvgIpc) is 2.72. The maximum atomic E-state index is 13.9. The van der Waals surface area contributed by atoms with E-state index in [4.69, 9.17) is 5.26 Å². The van der Waals surface area contributed by atoms with Gasteiger partial charge in [0.2, 0.25) is 0 Å². The van der Waals surface area contributed by atoms with E-state index in [-0.39, 0.29) is 11.4 Å². The van der Waals surface area contributed by atoms with E-state index in [1.165, 1.54) is 44.9 Å². The molecule has 0 N–H and O–H groups in total. The molecule has 2 aliphatic rings. The summed E-state index contributed by atoms with van der Waals surface area (Å²) < 4.78 is 25.9. The predicted octanol–water partition coefficient (Wildman–Crippen LogP) is 7.43. The Bertz CT molecular complexity index is 659. The highest BCUT2D eigenvalue weighted by atomic mass is 19.1. The number of nitriles is 1. The molecule has 2 saturated carbocycles. The van der Waals surface area contributed by atoms with Gasteiger partial charge in [-0.1, -0.05) is 31.4 Å². The molecule has 0 spiro atoms. The molecule has 0 atom stereocenters. The van der Waals surface area contributed by atoms with Crippen molar-refractivity contribution in [1.29, 1.82) is 5.26 Å². The van der Waals surface area contributed by atoms with Gasteiger partial charge in [-0.15, -0.1) is 0 Å². The zero-order chi connectivity index (χ0) is 19.1. The second kappa shape index (κ2) is 10.0. The SMILES string of the molecule is N#Cc1ccc(C2CCC(C3CCC(CCCC=CF)CC3)CC2)cc1F. The van der Waals surface area contributed by atoms with Crippen LogP contribution in [0.15, 0.2) is 30.6 Å². The monoisotopic (exact) mass is 371 g/mol. The van der Waals surface area contributed by atoms with Crippen LogP contribution in [0.4, 0.5) is 8.78 Å². The van der Waals surface area contributed by atoms with E-state index < -0.39 is 0 Å². The van der Waals surface area contributed by atoms with Gasteiger partial charge in [-0.3, -0.25) is 0 Å². The summed E-state index contributed by atoms with van der Waals surface area (Å²) in [5.41, 5.74) is 1.21. The summed E-state index contributed by atoms with van der Waals surface area (Å²) >= 11 is 0. The molecule has 27 heavy (non-hydrogen) atoms. The van der Waals surface area contributed by atoms with Crippen LogP contribution < -0.4 is 0 Å². The van der Waals surface area contributed by atoms with Gasteiger partial charge in [-0.05, 0) is 92.7 Å². The number of rotatable bonds is 6. The third kappa shape index (κ3) is 5.41. The van der Waals surface area contributed by atoms with Crippen molar-refractivity contribution in [1.82, 2.24) is 0 Å². The zero-order valence-corrected chi connectivity index (χ0v) is 16.2. The van der Waals surface area contributed by atoms with Gasteiger partial charge in [0, 0.05) is 0 Å². The Kier molecular flexibility index (Phi) is 7.44.